The third kappa shape index (κ3) is 5.82. The third-order valence-electron chi connectivity index (χ3n) is 3.55. The second-order valence-corrected chi connectivity index (χ2v) is 5.94. The van der Waals surface area contributed by atoms with E-state index in [2.05, 4.69) is 32.0 Å². The molecule has 21 heavy (non-hydrogen) atoms. The molecule has 1 amide bonds. The van der Waals surface area contributed by atoms with E-state index in [-0.39, 0.29) is 29.9 Å². The number of guanidine groups is 1. The Morgan fingerprint density at radius 1 is 1.62 bits per heavy atom. The smallest absolute Gasteiger partial charge is 0.217 e. The average Bonchev–Trinajstić information content (AvgIpc) is 2.92. The van der Waals surface area contributed by atoms with Crippen LogP contribution >= 0.6 is 35.3 Å². The number of rotatable bonds is 4. The van der Waals surface area contributed by atoms with E-state index in [4.69, 9.17) is 5.73 Å². The van der Waals surface area contributed by atoms with E-state index >= 15 is 0 Å². The Hall–Kier alpha value is -0.830. The summed E-state index contributed by atoms with van der Waals surface area (Å²) in [6.07, 6.45) is 2.62. The van der Waals surface area contributed by atoms with Crippen LogP contribution in [0.3, 0.4) is 0 Å². The van der Waals surface area contributed by atoms with Crippen molar-refractivity contribution in [2.24, 2.45) is 16.6 Å². The fourth-order valence-corrected chi connectivity index (χ4v) is 3.28. The highest BCUT2D eigenvalue weighted by Gasteiger charge is 2.23. The van der Waals surface area contributed by atoms with Gasteiger partial charge in [-0.2, -0.15) is 11.3 Å². The van der Waals surface area contributed by atoms with Gasteiger partial charge in [-0.25, -0.2) is 0 Å². The maximum absolute atomic E-state index is 11.1. The molecule has 0 aromatic carbocycles. The van der Waals surface area contributed by atoms with Gasteiger partial charge in [0.25, 0.3) is 0 Å². The number of nitrogens with two attached hydrogens (primary N) is 1. The molecule has 1 atom stereocenters. The van der Waals surface area contributed by atoms with Crippen LogP contribution in [0.15, 0.2) is 21.8 Å². The molecule has 118 valence electrons. The van der Waals surface area contributed by atoms with Crippen molar-refractivity contribution in [3.05, 3.63) is 22.4 Å². The van der Waals surface area contributed by atoms with Crippen LogP contribution in [0.25, 0.3) is 0 Å². The maximum Gasteiger partial charge on any atom is 0.217 e. The number of halogens is 1. The summed E-state index contributed by atoms with van der Waals surface area (Å²) in [5.74, 6) is 1.05. The molecule has 5 nitrogen and oxygen atoms in total. The van der Waals surface area contributed by atoms with Crippen molar-refractivity contribution >= 4 is 47.2 Å². The number of primary amides is 1. The molecular weight excluding hydrogens is 399 g/mol. The standard InChI is InChI=1S/C14H22N4OS.HI/c1-16-14(17-8-12-4-6-20-10-12)18-5-2-3-11(9-18)7-13(15)19;/h4,6,10-11H,2-3,5,7-9H2,1H3,(H2,15,19)(H,16,17);1H. The molecule has 0 saturated carbocycles. The molecule has 1 aliphatic heterocycles. The summed E-state index contributed by atoms with van der Waals surface area (Å²) in [5.41, 5.74) is 6.56. The number of thiophene rings is 1. The highest BCUT2D eigenvalue weighted by Crippen LogP contribution is 2.19. The third-order valence-corrected chi connectivity index (χ3v) is 4.28. The van der Waals surface area contributed by atoms with Crippen LogP contribution < -0.4 is 11.1 Å². The first-order valence-corrected chi connectivity index (χ1v) is 7.88. The van der Waals surface area contributed by atoms with E-state index in [0.717, 1.165) is 38.4 Å². The molecule has 1 aromatic rings. The Labute approximate surface area is 147 Å². The number of nitrogens with zero attached hydrogens (tertiary/aromatic N) is 2. The lowest BCUT2D eigenvalue weighted by Crippen LogP contribution is -2.46. The molecule has 7 heteroatoms. The van der Waals surface area contributed by atoms with Crippen molar-refractivity contribution in [2.45, 2.75) is 25.8 Å². The molecule has 3 N–H and O–H groups in total. The second kappa shape index (κ2) is 9.24. The predicted octanol–water partition coefficient (Wildman–Crippen LogP) is 2.03. The van der Waals surface area contributed by atoms with Crippen LogP contribution in [-0.2, 0) is 11.3 Å². The SMILES string of the molecule is CN=C(NCc1ccsc1)N1CCCC(CC(N)=O)C1.I. The molecule has 1 aromatic heterocycles. The molecule has 0 spiro atoms. The van der Waals surface area contributed by atoms with E-state index in [1.165, 1.54) is 5.56 Å². The Bertz CT molecular complexity index is 464. The second-order valence-electron chi connectivity index (χ2n) is 5.16. The predicted molar refractivity (Wildman–Crippen MR) is 98.0 cm³/mol. The number of piperidine rings is 1. The van der Waals surface area contributed by atoms with Gasteiger partial charge in [-0.15, -0.1) is 24.0 Å². The lowest BCUT2D eigenvalue weighted by molar-refractivity contribution is -0.119. The molecule has 2 heterocycles. The van der Waals surface area contributed by atoms with Crippen molar-refractivity contribution in [1.29, 1.82) is 0 Å². The zero-order valence-corrected chi connectivity index (χ0v) is 15.4. The van der Waals surface area contributed by atoms with Crippen molar-refractivity contribution in [2.75, 3.05) is 20.1 Å². The minimum absolute atomic E-state index is 0. The molecule has 0 bridgehead atoms. The summed E-state index contributed by atoms with van der Waals surface area (Å²) in [7, 11) is 1.80. The Balaban J connectivity index is 0.00000220. The molecule has 1 unspecified atom stereocenters. The molecule has 1 saturated heterocycles. The molecule has 0 aliphatic carbocycles. The molecular formula is C14H23IN4OS. The monoisotopic (exact) mass is 422 g/mol. The minimum atomic E-state index is -0.210. The van der Waals surface area contributed by atoms with Gasteiger partial charge in [0.05, 0.1) is 0 Å². The van der Waals surface area contributed by atoms with E-state index in [1.54, 1.807) is 18.4 Å². The van der Waals surface area contributed by atoms with Crippen molar-refractivity contribution in [3.63, 3.8) is 0 Å². The number of carbonyl (C=O) groups is 1. The largest absolute Gasteiger partial charge is 0.370 e. The average molecular weight is 422 g/mol. The highest BCUT2D eigenvalue weighted by atomic mass is 127. The molecule has 0 radical (unpaired) electrons. The lowest BCUT2D eigenvalue weighted by Gasteiger charge is -2.34. The summed E-state index contributed by atoms with van der Waals surface area (Å²) >= 11 is 1.70. The first-order valence-electron chi connectivity index (χ1n) is 6.94. The van der Waals surface area contributed by atoms with Crippen LogP contribution in [0.2, 0.25) is 0 Å². The number of hydrogen-bond acceptors (Lipinski definition) is 3. The van der Waals surface area contributed by atoms with E-state index in [1.807, 2.05) is 0 Å². The Morgan fingerprint density at radius 3 is 3.05 bits per heavy atom. The zero-order valence-electron chi connectivity index (χ0n) is 12.2. The minimum Gasteiger partial charge on any atom is -0.370 e. The van der Waals surface area contributed by atoms with Gasteiger partial charge in [-0.05, 0) is 41.1 Å². The van der Waals surface area contributed by atoms with Gasteiger partial charge in [-0.3, -0.25) is 9.79 Å². The van der Waals surface area contributed by atoms with Crippen LogP contribution in [0, 0.1) is 5.92 Å². The molecule has 2 rings (SSSR count). The summed E-state index contributed by atoms with van der Waals surface area (Å²) in [6, 6.07) is 2.11. The number of nitrogens with one attached hydrogen (secondary N) is 1. The molecule has 1 aliphatic rings. The van der Waals surface area contributed by atoms with Gasteiger partial charge in [0.15, 0.2) is 5.96 Å². The first kappa shape index (κ1) is 18.2. The number of amides is 1. The van der Waals surface area contributed by atoms with Gasteiger partial charge in [0.1, 0.15) is 0 Å². The normalized spacial score (nSPS) is 19.0. The van der Waals surface area contributed by atoms with Crippen molar-refractivity contribution in [1.82, 2.24) is 10.2 Å². The molecule has 1 fully saturated rings. The van der Waals surface area contributed by atoms with Crippen LogP contribution in [0.5, 0.6) is 0 Å². The van der Waals surface area contributed by atoms with E-state index in [9.17, 15) is 4.79 Å². The number of hydrogen-bond donors (Lipinski definition) is 2. The number of likely N-dealkylation sites (tertiary alicyclic amines) is 1. The van der Waals surface area contributed by atoms with Crippen LogP contribution in [0.1, 0.15) is 24.8 Å². The highest BCUT2D eigenvalue weighted by molar-refractivity contribution is 14.0. The van der Waals surface area contributed by atoms with Gasteiger partial charge < -0.3 is 16.0 Å². The van der Waals surface area contributed by atoms with Gasteiger partial charge in [0, 0.05) is 33.1 Å². The summed E-state index contributed by atoms with van der Waals surface area (Å²) in [4.78, 5) is 17.6. The topological polar surface area (TPSA) is 70.7 Å². The van der Waals surface area contributed by atoms with E-state index < -0.39 is 0 Å². The zero-order chi connectivity index (χ0) is 14.4. The summed E-state index contributed by atoms with van der Waals surface area (Å²) in [6.45, 7) is 2.62. The first-order chi connectivity index (χ1) is 9.69. The van der Waals surface area contributed by atoms with Crippen molar-refractivity contribution in [3.8, 4) is 0 Å². The fraction of sp³-hybridized carbons (Fsp3) is 0.571. The van der Waals surface area contributed by atoms with E-state index in [0.29, 0.717) is 12.3 Å². The van der Waals surface area contributed by atoms with Gasteiger partial charge >= 0.3 is 0 Å². The summed E-state index contributed by atoms with van der Waals surface area (Å²) in [5, 5.41) is 7.59. The maximum atomic E-state index is 11.1. The van der Waals surface area contributed by atoms with Gasteiger partial charge in [0.2, 0.25) is 5.91 Å². The Morgan fingerprint density at radius 2 is 2.43 bits per heavy atom. The fourth-order valence-electron chi connectivity index (χ4n) is 2.62. The quantitative estimate of drug-likeness (QED) is 0.443. The van der Waals surface area contributed by atoms with Gasteiger partial charge in [-0.1, -0.05) is 0 Å². The van der Waals surface area contributed by atoms with Crippen molar-refractivity contribution < 1.29 is 4.79 Å². The van der Waals surface area contributed by atoms with Crippen LogP contribution in [0.4, 0.5) is 0 Å². The number of carbonyl (C=O) groups excluding carboxylic acids is 1. The lowest BCUT2D eigenvalue weighted by atomic mass is 9.95. The summed E-state index contributed by atoms with van der Waals surface area (Å²) < 4.78 is 0. The Kier molecular flexibility index (Phi) is 8.02. The van der Waals surface area contributed by atoms with Crippen LogP contribution in [-0.4, -0.2) is 36.9 Å². The number of aliphatic imine (C=N–C) groups is 1.